The van der Waals surface area contributed by atoms with E-state index in [0.717, 1.165) is 6.42 Å². The van der Waals surface area contributed by atoms with Crippen molar-refractivity contribution in [2.24, 2.45) is 0 Å². The number of hydrogen-bond acceptors (Lipinski definition) is 6. The highest BCUT2D eigenvalue weighted by molar-refractivity contribution is 7.92. The number of aromatic nitrogens is 2. The molecular weight excluding hydrogens is 354 g/mol. The number of sulfonamides is 1. The summed E-state index contributed by atoms with van der Waals surface area (Å²) in [6, 6.07) is -0.432. The Morgan fingerprint density at radius 1 is 1.42 bits per heavy atom. The number of sulfone groups is 1. The van der Waals surface area contributed by atoms with Crippen molar-refractivity contribution in [1.29, 1.82) is 0 Å². The molecule has 0 aliphatic carbocycles. The molecule has 2 saturated heterocycles. The lowest BCUT2D eigenvalue weighted by molar-refractivity contribution is 0.184. The van der Waals surface area contributed by atoms with Crippen molar-refractivity contribution in [3.8, 4) is 0 Å². The lowest BCUT2D eigenvalue weighted by Gasteiger charge is -2.26. The van der Waals surface area contributed by atoms with E-state index < -0.39 is 25.9 Å². The van der Waals surface area contributed by atoms with Crippen molar-refractivity contribution < 1.29 is 21.6 Å². The average Bonchev–Trinajstić information content (AvgIpc) is 3.24. The van der Waals surface area contributed by atoms with Crippen LogP contribution in [0.2, 0.25) is 0 Å². The largest absolute Gasteiger partial charge is 0.379 e. The highest BCUT2D eigenvalue weighted by atomic mass is 32.2. The number of nitrogens with zero attached hydrogens (tertiary/aromatic N) is 3. The van der Waals surface area contributed by atoms with Crippen molar-refractivity contribution >= 4 is 19.9 Å². The quantitative estimate of drug-likeness (QED) is 0.713. The summed E-state index contributed by atoms with van der Waals surface area (Å²) < 4.78 is 57.7. The fourth-order valence-corrected chi connectivity index (χ4v) is 6.75. The van der Waals surface area contributed by atoms with Gasteiger partial charge in [-0.1, -0.05) is 6.92 Å². The lowest BCUT2D eigenvalue weighted by Crippen LogP contribution is -2.41. The molecule has 0 N–H and O–H groups in total. The Hall–Kier alpha value is -0.970. The Labute approximate surface area is 142 Å². The van der Waals surface area contributed by atoms with Crippen LogP contribution in [-0.2, 0) is 24.6 Å². The summed E-state index contributed by atoms with van der Waals surface area (Å²) in [6.07, 6.45) is 4.66. The molecule has 0 amide bonds. The Morgan fingerprint density at radius 2 is 2.21 bits per heavy atom. The Morgan fingerprint density at radius 3 is 2.79 bits per heavy atom. The zero-order valence-electron chi connectivity index (χ0n) is 13.7. The van der Waals surface area contributed by atoms with E-state index >= 15 is 0 Å². The van der Waals surface area contributed by atoms with Gasteiger partial charge in [0.25, 0.3) is 0 Å². The summed E-state index contributed by atoms with van der Waals surface area (Å²) in [5, 5.41) is 4.17. The molecule has 1 aromatic heterocycles. The lowest BCUT2D eigenvalue weighted by atomic mass is 10.2. The monoisotopic (exact) mass is 377 g/mol. The molecule has 3 heterocycles. The van der Waals surface area contributed by atoms with E-state index in [1.807, 2.05) is 6.92 Å². The third-order valence-corrected chi connectivity index (χ3v) is 8.18. The van der Waals surface area contributed by atoms with Gasteiger partial charge in [0, 0.05) is 25.4 Å². The Bertz CT molecular complexity index is 781. The van der Waals surface area contributed by atoms with Crippen LogP contribution in [0.1, 0.15) is 32.2 Å². The SMILES string of the molecule is CCCN([C@@H]1CCS(=O)(=O)C1)S(=O)(=O)c1cnn([C@H]2CCOC2)c1. The molecule has 10 heteroatoms. The first-order valence-electron chi connectivity index (χ1n) is 8.17. The minimum Gasteiger partial charge on any atom is -0.379 e. The Kier molecular flexibility index (Phi) is 5.01. The smallest absolute Gasteiger partial charge is 0.246 e. The van der Waals surface area contributed by atoms with Crippen molar-refractivity contribution in [2.75, 3.05) is 31.3 Å². The second kappa shape index (κ2) is 6.74. The summed E-state index contributed by atoms with van der Waals surface area (Å²) in [4.78, 5) is 0.118. The second-order valence-electron chi connectivity index (χ2n) is 6.35. The molecule has 24 heavy (non-hydrogen) atoms. The number of ether oxygens (including phenoxy) is 1. The van der Waals surface area contributed by atoms with Gasteiger partial charge in [-0.25, -0.2) is 16.8 Å². The number of rotatable bonds is 6. The predicted octanol–water partition coefficient (Wildman–Crippen LogP) is 0.432. The fourth-order valence-electron chi connectivity index (χ4n) is 3.24. The van der Waals surface area contributed by atoms with Gasteiger partial charge in [0.15, 0.2) is 9.84 Å². The molecule has 3 rings (SSSR count). The molecular formula is C14H23N3O5S2. The van der Waals surface area contributed by atoms with Gasteiger partial charge in [0.2, 0.25) is 10.0 Å². The molecule has 2 aliphatic rings. The van der Waals surface area contributed by atoms with Crippen LogP contribution >= 0.6 is 0 Å². The molecule has 1 aromatic rings. The molecule has 2 fully saturated rings. The maximum Gasteiger partial charge on any atom is 0.246 e. The van der Waals surface area contributed by atoms with Gasteiger partial charge in [0.1, 0.15) is 4.90 Å². The van der Waals surface area contributed by atoms with Crippen LogP contribution in [0.3, 0.4) is 0 Å². The summed E-state index contributed by atoms with van der Waals surface area (Å²) in [5.41, 5.74) is 0. The zero-order chi connectivity index (χ0) is 17.4. The predicted molar refractivity (Wildman–Crippen MR) is 87.9 cm³/mol. The van der Waals surface area contributed by atoms with Crippen LogP contribution < -0.4 is 0 Å². The maximum absolute atomic E-state index is 13.0. The summed E-state index contributed by atoms with van der Waals surface area (Å²) in [5.74, 6) is -0.0527. The van der Waals surface area contributed by atoms with Crippen molar-refractivity contribution in [1.82, 2.24) is 14.1 Å². The van der Waals surface area contributed by atoms with E-state index in [9.17, 15) is 16.8 Å². The van der Waals surface area contributed by atoms with Crippen molar-refractivity contribution in [2.45, 2.75) is 43.2 Å². The third-order valence-electron chi connectivity index (χ3n) is 4.52. The molecule has 0 saturated carbocycles. The average molecular weight is 377 g/mol. The molecule has 136 valence electrons. The van der Waals surface area contributed by atoms with E-state index in [1.54, 1.807) is 4.68 Å². The summed E-state index contributed by atoms with van der Waals surface area (Å²) in [6.45, 7) is 3.36. The van der Waals surface area contributed by atoms with Crippen LogP contribution in [0.4, 0.5) is 0 Å². The Balaban J connectivity index is 1.86. The van der Waals surface area contributed by atoms with Gasteiger partial charge >= 0.3 is 0 Å². The van der Waals surface area contributed by atoms with Gasteiger partial charge in [-0.15, -0.1) is 0 Å². The van der Waals surface area contributed by atoms with Crippen LogP contribution in [0.15, 0.2) is 17.3 Å². The summed E-state index contributed by atoms with van der Waals surface area (Å²) in [7, 11) is -6.91. The van der Waals surface area contributed by atoms with E-state index in [1.165, 1.54) is 16.7 Å². The van der Waals surface area contributed by atoms with Gasteiger partial charge in [-0.3, -0.25) is 4.68 Å². The van der Waals surface area contributed by atoms with Gasteiger partial charge < -0.3 is 4.74 Å². The maximum atomic E-state index is 13.0. The molecule has 2 atom stereocenters. The minimum absolute atomic E-state index is 0.0477. The molecule has 0 bridgehead atoms. The van der Waals surface area contributed by atoms with Gasteiger partial charge in [-0.2, -0.15) is 9.40 Å². The van der Waals surface area contributed by atoms with Crippen LogP contribution in [0.5, 0.6) is 0 Å². The second-order valence-corrected chi connectivity index (χ2v) is 10.5. The standard InChI is InChI=1S/C14H23N3O5S2/c1-2-5-17(13-4-7-23(18,19)11-13)24(20,21)14-8-15-16(9-14)12-3-6-22-10-12/h8-9,12-13H,2-7,10-11H2,1H3/t12-,13+/m0/s1. The molecule has 0 unspecified atom stereocenters. The molecule has 0 radical (unpaired) electrons. The highest BCUT2D eigenvalue weighted by Gasteiger charge is 2.39. The summed E-state index contributed by atoms with van der Waals surface area (Å²) >= 11 is 0. The molecule has 0 spiro atoms. The van der Waals surface area contributed by atoms with Crippen LogP contribution in [-0.4, -0.2) is 68.2 Å². The van der Waals surface area contributed by atoms with Crippen LogP contribution in [0, 0.1) is 0 Å². The van der Waals surface area contributed by atoms with Gasteiger partial charge in [-0.05, 0) is 19.3 Å². The number of hydrogen-bond donors (Lipinski definition) is 0. The first-order valence-corrected chi connectivity index (χ1v) is 11.4. The first kappa shape index (κ1) is 17.8. The van der Waals surface area contributed by atoms with Crippen LogP contribution in [0.25, 0.3) is 0 Å². The normalized spacial score (nSPS) is 27.1. The van der Waals surface area contributed by atoms with Crippen molar-refractivity contribution in [3.63, 3.8) is 0 Å². The topological polar surface area (TPSA) is 98.6 Å². The minimum atomic E-state index is -3.76. The first-order chi connectivity index (χ1) is 11.3. The van der Waals surface area contributed by atoms with E-state index in [-0.39, 0.29) is 22.4 Å². The fraction of sp³-hybridized carbons (Fsp3) is 0.786. The molecule has 2 aliphatic heterocycles. The zero-order valence-corrected chi connectivity index (χ0v) is 15.3. The van der Waals surface area contributed by atoms with E-state index in [2.05, 4.69) is 5.10 Å². The highest BCUT2D eigenvalue weighted by Crippen LogP contribution is 2.26. The van der Waals surface area contributed by atoms with E-state index in [0.29, 0.717) is 32.6 Å². The van der Waals surface area contributed by atoms with Crippen molar-refractivity contribution in [3.05, 3.63) is 12.4 Å². The molecule has 0 aromatic carbocycles. The molecule has 8 nitrogen and oxygen atoms in total. The van der Waals surface area contributed by atoms with E-state index in [4.69, 9.17) is 4.74 Å². The van der Waals surface area contributed by atoms with Gasteiger partial charge in [0.05, 0.1) is 30.4 Å². The third kappa shape index (κ3) is 3.51.